The van der Waals surface area contributed by atoms with Gasteiger partial charge >= 0.3 is 18.2 Å². The molecule has 166 valence electrons. The number of hydrogen-bond donors (Lipinski definition) is 1. The Hall–Kier alpha value is -2.77. The maximum atomic E-state index is 12.6. The molecule has 8 nitrogen and oxygen atoms in total. The smallest absolute Gasteiger partial charge is 0.410 e. The van der Waals surface area contributed by atoms with Gasteiger partial charge in [0.05, 0.1) is 12.6 Å². The van der Waals surface area contributed by atoms with Gasteiger partial charge in [0.2, 0.25) is 0 Å². The van der Waals surface area contributed by atoms with Crippen molar-refractivity contribution in [2.24, 2.45) is 0 Å². The topological polar surface area (TPSA) is 94.2 Å². The van der Waals surface area contributed by atoms with Gasteiger partial charge in [-0.2, -0.15) is 0 Å². The summed E-state index contributed by atoms with van der Waals surface area (Å²) in [5, 5.41) is 2.81. The standard InChI is InChI=1S/C22H32N2O6/c1-5-28-19(25)12-11-18-13-17(14-24(18)21(27)30-22(2,3)4)23-20(26)29-15-16-9-7-6-8-10-16/h6-10,17-18H,5,11-15H2,1-4H3,(H,23,26)/t17-,18+/m0/s1. The highest BCUT2D eigenvalue weighted by Gasteiger charge is 2.38. The molecule has 1 saturated heterocycles. The van der Waals surface area contributed by atoms with Crippen LogP contribution in [0.5, 0.6) is 0 Å². The molecule has 30 heavy (non-hydrogen) atoms. The number of hydrogen-bond acceptors (Lipinski definition) is 6. The number of alkyl carbamates (subject to hydrolysis) is 1. The third-order valence-electron chi connectivity index (χ3n) is 4.56. The molecule has 1 aliphatic heterocycles. The Kier molecular flexibility index (Phi) is 8.50. The zero-order valence-electron chi connectivity index (χ0n) is 18.2. The first-order valence-electron chi connectivity index (χ1n) is 10.3. The van der Waals surface area contributed by atoms with Crippen molar-refractivity contribution in [2.75, 3.05) is 13.2 Å². The first-order chi connectivity index (χ1) is 14.2. The lowest BCUT2D eigenvalue weighted by atomic mass is 10.1. The number of carbonyl (C=O) groups excluding carboxylic acids is 3. The lowest BCUT2D eigenvalue weighted by molar-refractivity contribution is -0.143. The molecule has 1 N–H and O–H groups in total. The number of benzene rings is 1. The predicted octanol–water partition coefficient (Wildman–Crippen LogP) is 3.63. The Morgan fingerprint density at radius 2 is 1.83 bits per heavy atom. The molecule has 1 aromatic rings. The number of ether oxygens (including phenoxy) is 3. The van der Waals surface area contributed by atoms with Crippen molar-refractivity contribution in [3.05, 3.63) is 35.9 Å². The lowest BCUT2D eigenvalue weighted by Gasteiger charge is -2.28. The zero-order chi connectivity index (χ0) is 22.1. The minimum absolute atomic E-state index is 0.168. The van der Waals surface area contributed by atoms with Crippen molar-refractivity contribution in [1.29, 1.82) is 0 Å². The van der Waals surface area contributed by atoms with E-state index in [1.165, 1.54) is 0 Å². The molecule has 1 fully saturated rings. The Balaban J connectivity index is 1.93. The number of nitrogens with zero attached hydrogens (tertiary/aromatic N) is 1. The van der Waals surface area contributed by atoms with Crippen molar-refractivity contribution in [3.63, 3.8) is 0 Å². The normalized spacial score (nSPS) is 18.6. The third kappa shape index (κ3) is 7.93. The van der Waals surface area contributed by atoms with Crippen LogP contribution in [0.4, 0.5) is 9.59 Å². The van der Waals surface area contributed by atoms with Crippen LogP contribution in [0.15, 0.2) is 30.3 Å². The summed E-state index contributed by atoms with van der Waals surface area (Å²) in [5.74, 6) is -0.305. The van der Waals surface area contributed by atoms with Crippen LogP contribution in [0.25, 0.3) is 0 Å². The molecule has 1 aromatic carbocycles. The van der Waals surface area contributed by atoms with Gasteiger partial charge < -0.3 is 24.4 Å². The number of rotatable bonds is 7. The fraction of sp³-hybridized carbons (Fsp3) is 0.591. The van der Waals surface area contributed by atoms with Gasteiger partial charge in [0, 0.05) is 19.0 Å². The van der Waals surface area contributed by atoms with E-state index in [2.05, 4.69) is 5.32 Å². The maximum Gasteiger partial charge on any atom is 0.410 e. The second-order valence-corrected chi connectivity index (χ2v) is 8.27. The van der Waals surface area contributed by atoms with Gasteiger partial charge in [-0.3, -0.25) is 4.79 Å². The fourth-order valence-electron chi connectivity index (χ4n) is 3.29. The Morgan fingerprint density at radius 1 is 1.13 bits per heavy atom. The predicted molar refractivity (Wildman–Crippen MR) is 111 cm³/mol. The van der Waals surface area contributed by atoms with Gasteiger partial charge in [-0.25, -0.2) is 9.59 Å². The Morgan fingerprint density at radius 3 is 2.47 bits per heavy atom. The van der Waals surface area contributed by atoms with Crippen LogP contribution in [0, 0.1) is 0 Å². The average molecular weight is 421 g/mol. The zero-order valence-corrected chi connectivity index (χ0v) is 18.2. The number of likely N-dealkylation sites (tertiary alicyclic amines) is 1. The van der Waals surface area contributed by atoms with E-state index in [0.717, 1.165) is 5.56 Å². The van der Waals surface area contributed by atoms with E-state index >= 15 is 0 Å². The van der Waals surface area contributed by atoms with Crippen LogP contribution in [-0.4, -0.2) is 53.9 Å². The van der Waals surface area contributed by atoms with Gasteiger partial charge in [0.1, 0.15) is 12.2 Å². The van der Waals surface area contributed by atoms with Crippen molar-refractivity contribution in [3.8, 4) is 0 Å². The van der Waals surface area contributed by atoms with Crippen molar-refractivity contribution >= 4 is 18.2 Å². The van der Waals surface area contributed by atoms with Crippen molar-refractivity contribution in [1.82, 2.24) is 10.2 Å². The molecule has 0 aromatic heterocycles. The fourth-order valence-corrected chi connectivity index (χ4v) is 3.29. The molecule has 0 aliphatic carbocycles. The molecule has 8 heteroatoms. The molecule has 0 bridgehead atoms. The average Bonchev–Trinajstić information content (AvgIpc) is 3.07. The van der Waals surface area contributed by atoms with Crippen molar-refractivity contribution in [2.45, 2.75) is 71.2 Å². The summed E-state index contributed by atoms with van der Waals surface area (Å²) in [6.45, 7) is 7.92. The van der Waals surface area contributed by atoms with Crippen LogP contribution in [0.1, 0.15) is 52.5 Å². The molecule has 0 spiro atoms. The van der Waals surface area contributed by atoms with Crippen LogP contribution < -0.4 is 5.32 Å². The molecular formula is C22H32N2O6. The number of nitrogens with one attached hydrogen (secondary N) is 1. The summed E-state index contributed by atoms with van der Waals surface area (Å²) < 4.78 is 15.7. The summed E-state index contributed by atoms with van der Waals surface area (Å²) in [4.78, 5) is 38.1. The Labute approximate surface area is 177 Å². The molecule has 2 rings (SSSR count). The second-order valence-electron chi connectivity index (χ2n) is 8.27. The lowest BCUT2D eigenvalue weighted by Crippen LogP contribution is -2.42. The Bertz CT molecular complexity index is 716. The summed E-state index contributed by atoms with van der Waals surface area (Å²) in [6, 6.07) is 8.87. The minimum atomic E-state index is -0.636. The number of amides is 2. The molecule has 0 radical (unpaired) electrons. The van der Waals surface area contributed by atoms with Gasteiger partial charge in [0.15, 0.2) is 0 Å². The summed E-state index contributed by atoms with van der Waals surface area (Å²) >= 11 is 0. The summed E-state index contributed by atoms with van der Waals surface area (Å²) in [7, 11) is 0. The van der Waals surface area contributed by atoms with E-state index < -0.39 is 17.8 Å². The number of carbonyl (C=O) groups is 3. The SMILES string of the molecule is CCOC(=O)CC[C@@H]1C[C@H](NC(=O)OCc2ccccc2)CN1C(=O)OC(C)(C)C. The van der Waals surface area contributed by atoms with Gasteiger partial charge in [-0.15, -0.1) is 0 Å². The molecule has 0 saturated carbocycles. The van der Waals surface area contributed by atoms with E-state index in [4.69, 9.17) is 14.2 Å². The molecule has 1 heterocycles. The molecule has 1 aliphatic rings. The monoisotopic (exact) mass is 420 g/mol. The highest BCUT2D eigenvalue weighted by Crippen LogP contribution is 2.25. The summed E-state index contributed by atoms with van der Waals surface area (Å²) in [6.07, 6.45) is 0.148. The molecular weight excluding hydrogens is 388 g/mol. The number of esters is 1. The van der Waals surface area contributed by atoms with E-state index in [-0.39, 0.29) is 31.1 Å². The third-order valence-corrected chi connectivity index (χ3v) is 4.56. The van der Waals surface area contributed by atoms with Crippen LogP contribution in [0.2, 0.25) is 0 Å². The largest absolute Gasteiger partial charge is 0.466 e. The van der Waals surface area contributed by atoms with Crippen LogP contribution in [-0.2, 0) is 25.6 Å². The van der Waals surface area contributed by atoms with Gasteiger partial charge in [-0.05, 0) is 46.1 Å². The van der Waals surface area contributed by atoms with E-state index in [0.29, 0.717) is 26.0 Å². The molecule has 0 unspecified atom stereocenters. The molecule has 2 atom stereocenters. The first kappa shape index (κ1) is 23.5. The quantitative estimate of drug-likeness (QED) is 0.535. The van der Waals surface area contributed by atoms with Gasteiger partial charge in [0.25, 0.3) is 0 Å². The first-order valence-corrected chi connectivity index (χ1v) is 10.3. The van der Waals surface area contributed by atoms with E-state index in [1.807, 2.05) is 30.3 Å². The summed E-state index contributed by atoms with van der Waals surface area (Å²) in [5.41, 5.74) is 0.255. The second kappa shape index (κ2) is 10.8. The highest BCUT2D eigenvalue weighted by molar-refractivity contribution is 5.71. The molecule has 2 amide bonds. The van der Waals surface area contributed by atoms with E-state index in [9.17, 15) is 14.4 Å². The maximum absolute atomic E-state index is 12.6. The van der Waals surface area contributed by atoms with Crippen LogP contribution >= 0.6 is 0 Å². The van der Waals surface area contributed by atoms with Crippen LogP contribution in [0.3, 0.4) is 0 Å². The van der Waals surface area contributed by atoms with Gasteiger partial charge in [-0.1, -0.05) is 30.3 Å². The van der Waals surface area contributed by atoms with Crippen molar-refractivity contribution < 1.29 is 28.6 Å². The minimum Gasteiger partial charge on any atom is -0.466 e. The highest BCUT2D eigenvalue weighted by atomic mass is 16.6. The van der Waals surface area contributed by atoms with E-state index in [1.54, 1.807) is 32.6 Å².